The number of unbranched alkanes of at least 4 members (excludes halogenated alkanes) is 1. The van der Waals surface area contributed by atoms with Crippen LogP contribution in [0.4, 0.5) is 5.82 Å². The topological polar surface area (TPSA) is 139 Å². The van der Waals surface area contributed by atoms with Gasteiger partial charge < -0.3 is 21.7 Å². The van der Waals surface area contributed by atoms with Gasteiger partial charge in [0.2, 0.25) is 11.9 Å². The first-order valence-corrected chi connectivity index (χ1v) is 10.2. The highest BCUT2D eigenvalue weighted by molar-refractivity contribution is 6.08. The van der Waals surface area contributed by atoms with Gasteiger partial charge in [0.25, 0.3) is 5.91 Å². The van der Waals surface area contributed by atoms with Gasteiger partial charge >= 0.3 is 0 Å². The van der Waals surface area contributed by atoms with Crippen LogP contribution < -0.4 is 22.1 Å². The largest absolute Gasteiger partial charge is 0.332 e. The molecule has 0 bridgehead atoms. The van der Waals surface area contributed by atoms with Gasteiger partial charge in [-0.05, 0) is 37.6 Å². The van der Waals surface area contributed by atoms with Gasteiger partial charge in [-0.25, -0.2) is 9.98 Å². The fourth-order valence-corrected chi connectivity index (χ4v) is 3.32. The number of hydrogen-bond donors (Lipinski definition) is 4. The first-order valence-electron chi connectivity index (χ1n) is 10.2. The zero-order valence-corrected chi connectivity index (χ0v) is 17.2. The van der Waals surface area contributed by atoms with Crippen LogP contribution in [0.5, 0.6) is 0 Å². The van der Waals surface area contributed by atoms with Gasteiger partial charge in [0.15, 0.2) is 0 Å². The summed E-state index contributed by atoms with van der Waals surface area (Å²) in [6, 6.07) is 10.6. The zero-order valence-electron chi connectivity index (χ0n) is 17.2. The van der Waals surface area contributed by atoms with Gasteiger partial charge in [-0.1, -0.05) is 24.6 Å². The molecule has 2 aromatic rings. The second-order valence-electron chi connectivity index (χ2n) is 7.46. The predicted molar refractivity (Wildman–Crippen MR) is 118 cm³/mol. The van der Waals surface area contributed by atoms with Crippen molar-refractivity contribution in [2.24, 2.45) is 16.5 Å². The lowest BCUT2D eigenvalue weighted by Crippen LogP contribution is -2.55. The van der Waals surface area contributed by atoms with Crippen molar-refractivity contribution in [2.75, 3.05) is 25.5 Å². The lowest BCUT2D eigenvalue weighted by Gasteiger charge is -2.30. The number of carbonyl (C=O) groups excluding carboxylic acids is 2. The number of para-hydroxylation sites is 1. The quantitative estimate of drug-likeness (QED) is 0.474. The maximum atomic E-state index is 12.6. The van der Waals surface area contributed by atoms with Crippen LogP contribution in [0.25, 0.3) is 10.9 Å². The Hall–Kier alpha value is -3.04. The summed E-state index contributed by atoms with van der Waals surface area (Å²) >= 11 is 0. The number of guanidine groups is 1. The molecular formula is C21H29N7O2. The van der Waals surface area contributed by atoms with Gasteiger partial charge in [-0.3, -0.25) is 14.9 Å². The molecule has 3 rings (SSSR count). The summed E-state index contributed by atoms with van der Waals surface area (Å²) in [5.74, 6) is 0.441. The molecule has 6 N–H and O–H groups in total. The number of rotatable bonds is 8. The van der Waals surface area contributed by atoms with Crippen LogP contribution in [0.15, 0.2) is 41.4 Å². The number of carbonyl (C=O) groups is 2. The highest BCUT2D eigenvalue weighted by atomic mass is 16.2. The average molecular weight is 412 g/mol. The van der Waals surface area contributed by atoms with Gasteiger partial charge in [-0.15, -0.1) is 0 Å². The number of anilines is 1. The summed E-state index contributed by atoms with van der Waals surface area (Å²) in [5, 5.41) is 6.77. The Morgan fingerprint density at radius 1 is 1.30 bits per heavy atom. The van der Waals surface area contributed by atoms with E-state index in [0.717, 1.165) is 30.2 Å². The predicted octanol–water partition coefficient (Wildman–Crippen LogP) is 0.806. The van der Waals surface area contributed by atoms with Gasteiger partial charge in [0.05, 0.1) is 12.1 Å². The molecule has 0 spiro atoms. The number of benzene rings is 1. The molecule has 2 atom stereocenters. The SMILES string of the molecule is CN(C(=O)C[C@@H](N)CCCCN)C1CN=C(Nc2ccc3ccccc3n2)NC1=O. The molecule has 0 fully saturated rings. The number of pyridine rings is 1. The smallest absolute Gasteiger partial charge is 0.251 e. The fraction of sp³-hybridized carbons (Fsp3) is 0.429. The van der Waals surface area contributed by atoms with Crippen LogP contribution in [0.2, 0.25) is 0 Å². The monoisotopic (exact) mass is 411 g/mol. The third kappa shape index (κ3) is 5.52. The molecule has 0 radical (unpaired) electrons. The van der Waals surface area contributed by atoms with Crippen LogP contribution in [-0.2, 0) is 9.59 Å². The van der Waals surface area contributed by atoms with Crippen LogP contribution >= 0.6 is 0 Å². The first kappa shape index (κ1) is 21.7. The Bertz CT molecular complexity index is 930. The van der Waals surface area contributed by atoms with Crippen molar-refractivity contribution in [3.05, 3.63) is 36.4 Å². The molecule has 9 heteroatoms. The number of likely N-dealkylation sites (N-methyl/N-ethyl adjacent to an activating group) is 1. The van der Waals surface area contributed by atoms with Crippen LogP contribution in [-0.4, -0.2) is 59.9 Å². The maximum absolute atomic E-state index is 12.6. The van der Waals surface area contributed by atoms with E-state index in [1.807, 2.05) is 36.4 Å². The molecule has 0 saturated carbocycles. The normalized spacial score (nSPS) is 17.2. The molecule has 0 aliphatic carbocycles. The van der Waals surface area contributed by atoms with E-state index in [2.05, 4.69) is 20.6 Å². The van der Waals surface area contributed by atoms with Crippen molar-refractivity contribution < 1.29 is 9.59 Å². The molecule has 1 unspecified atom stereocenters. The highest BCUT2D eigenvalue weighted by Crippen LogP contribution is 2.15. The Morgan fingerprint density at radius 3 is 2.87 bits per heavy atom. The second-order valence-corrected chi connectivity index (χ2v) is 7.46. The molecule has 1 aromatic carbocycles. The molecule has 2 amide bonds. The number of fused-ring (bicyclic) bond motifs is 1. The van der Waals surface area contributed by atoms with Crippen molar-refractivity contribution >= 4 is 34.5 Å². The molecule has 30 heavy (non-hydrogen) atoms. The molecule has 0 saturated heterocycles. The summed E-state index contributed by atoms with van der Waals surface area (Å²) in [6.07, 6.45) is 2.71. The van der Waals surface area contributed by atoms with Crippen LogP contribution in [0.3, 0.4) is 0 Å². The van der Waals surface area contributed by atoms with E-state index in [1.54, 1.807) is 7.05 Å². The number of hydrogen-bond acceptors (Lipinski definition) is 7. The highest BCUT2D eigenvalue weighted by Gasteiger charge is 2.31. The standard InChI is InChI=1S/C21H29N7O2/c1-28(19(29)12-15(23)7-4-5-11-22)17-13-24-21(27-20(17)30)26-18-10-9-14-6-2-3-8-16(14)25-18/h2-3,6,8-10,15,17H,4-5,7,11-13,22-23H2,1H3,(H2,24,25,26,27,30)/t15-,17?/m0/s1. The van der Waals surface area contributed by atoms with E-state index in [1.165, 1.54) is 4.90 Å². The maximum Gasteiger partial charge on any atom is 0.251 e. The Kier molecular flexibility index (Phi) is 7.31. The Labute approximate surface area is 175 Å². The second kappa shape index (κ2) is 10.1. The van der Waals surface area contributed by atoms with Gasteiger partial charge in [0, 0.05) is 24.9 Å². The summed E-state index contributed by atoms with van der Waals surface area (Å²) in [6.45, 7) is 0.790. The minimum absolute atomic E-state index is 0.168. The van der Waals surface area contributed by atoms with Crippen molar-refractivity contribution in [3.8, 4) is 0 Å². The van der Waals surface area contributed by atoms with Crippen molar-refractivity contribution in [2.45, 2.75) is 37.8 Å². The molecule has 9 nitrogen and oxygen atoms in total. The Morgan fingerprint density at radius 2 is 2.10 bits per heavy atom. The minimum atomic E-state index is -0.663. The molecule has 1 aromatic heterocycles. The third-order valence-electron chi connectivity index (χ3n) is 5.14. The molecule has 160 valence electrons. The molecule has 1 aliphatic rings. The van der Waals surface area contributed by atoms with Crippen molar-refractivity contribution in [1.29, 1.82) is 0 Å². The summed E-state index contributed by atoms with van der Waals surface area (Å²) in [7, 11) is 1.61. The van der Waals surface area contributed by atoms with E-state index >= 15 is 0 Å². The molecular weight excluding hydrogens is 382 g/mol. The van der Waals surface area contributed by atoms with Crippen LogP contribution in [0.1, 0.15) is 25.7 Å². The zero-order chi connectivity index (χ0) is 21.5. The molecule has 2 heterocycles. The van der Waals surface area contributed by atoms with Crippen LogP contribution in [0, 0.1) is 0 Å². The van der Waals surface area contributed by atoms with Gasteiger partial charge in [0.1, 0.15) is 11.9 Å². The summed E-state index contributed by atoms with van der Waals surface area (Å²) < 4.78 is 0. The average Bonchev–Trinajstić information content (AvgIpc) is 2.73. The Balaban J connectivity index is 1.57. The van der Waals surface area contributed by atoms with Gasteiger partial charge in [-0.2, -0.15) is 0 Å². The number of nitrogens with two attached hydrogens (primary N) is 2. The molecule has 1 aliphatic heterocycles. The van der Waals surface area contributed by atoms with E-state index in [4.69, 9.17) is 11.5 Å². The number of aliphatic imine (C=N–C) groups is 1. The minimum Gasteiger partial charge on any atom is -0.332 e. The van der Waals surface area contributed by atoms with E-state index in [9.17, 15) is 9.59 Å². The van der Waals surface area contributed by atoms with E-state index < -0.39 is 6.04 Å². The van der Waals surface area contributed by atoms with Crippen molar-refractivity contribution in [1.82, 2.24) is 15.2 Å². The lowest BCUT2D eigenvalue weighted by atomic mass is 10.1. The number of amides is 2. The third-order valence-corrected chi connectivity index (χ3v) is 5.14. The number of nitrogens with one attached hydrogen (secondary N) is 2. The summed E-state index contributed by atoms with van der Waals surface area (Å²) in [5.41, 5.74) is 12.4. The summed E-state index contributed by atoms with van der Waals surface area (Å²) in [4.78, 5) is 35.4. The lowest BCUT2D eigenvalue weighted by molar-refractivity contribution is -0.138. The number of aromatic nitrogens is 1. The fourth-order valence-electron chi connectivity index (χ4n) is 3.32. The van der Waals surface area contributed by atoms with Crippen molar-refractivity contribution in [3.63, 3.8) is 0 Å². The number of nitrogens with zero attached hydrogens (tertiary/aromatic N) is 3. The van der Waals surface area contributed by atoms with E-state index in [0.29, 0.717) is 18.3 Å². The van der Waals surface area contributed by atoms with E-state index in [-0.39, 0.29) is 30.8 Å². The first-order chi connectivity index (χ1) is 14.5.